The summed E-state index contributed by atoms with van der Waals surface area (Å²) in [6, 6.07) is 10.9. The number of halogens is 2. The van der Waals surface area contributed by atoms with Gasteiger partial charge in [0.25, 0.3) is 5.91 Å². The molecule has 2 N–H and O–H groups in total. The first-order valence-corrected chi connectivity index (χ1v) is 10.6. The summed E-state index contributed by atoms with van der Waals surface area (Å²) >= 11 is 12.3. The second-order valence-corrected chi connectivity index (χ2v) is 7.92. The molecule has 1 unspecified atom stereocenters. The first-order chi connectivity index (χ1) is 15.3. The summed E-state index contributed by atoms with van der Waals surface area (Å²) in [5, 5.41) is 13.1. The molecule has 0 radical (unpaired) electrons. The summed E-state index contributed by atoms with van der Waals surface area (Å²) in [7, 11) is 1.38. The maximum atomic E-state index is 12.5. The summed E-state index contributed by atoms with van der Waals surface area (Å²) < 4.78 is 21.5. The molecular formula is C22H23Cl2NO7. The summed E-state index contributed by atoms with van der Waals surface area (Å²) in [5.41, 5.74) is 1.37. The third kappa shape index (κ3) is 6.11. The van der Waals surface area contributed by atoms with Crippen LogP contribution in [0.25, 0.3) is 0 Å². The van der Waals surface area contributed by atoms with Crippen LogP contribution in [0.5, 0.6) is 5.75 Å². The predicted molar refractivity (Wildman–Crippen MR) is 117 cm³/mol. The summed E-state index contributed by atoms with van der Waals surface area (Å²) in [5.74, 6) is -1.23. The number of nitrogens with one attached hydrogen (secondary N) is 1. The van der Waals surface area contributed by atoms with Crippen molar-refractivity contribution in [1.82, 2.24) is 5.32 Å². The average Bonchev–Trinajstić information content (AvgIpc) is 3.15. The van der Waals surface area contributed by atoms with Crippen molar-refractivity contribution in [2.75, 3.05) is 7.11 Å². The fourth-order valence-electron chi connectivity index (χ4n) is 3.16. The molecule has 1 aliphatic rings. The average molecular weight is 484 g/mol. The maximum absolute atomic E-state index is 12.5. The Morgan fingerprint density at radius 3 is 2.38 bits per heavy atom. The first-order valence-electron chi connectivity index (χ1n) is 9.80. The standard InChI is InChI=1S/C22H23Cl2NO7/c1-12-31-19(22(29-2)32-12)20(26)25-18(21(27)28)10-13-6-8-14(9-7-13)30-11-15-16(23)4-3-5-17(15)24/h3-9,12,18-19,22H,10-11H2,1-2H3,(H,25,26)(H,27,28)/t12?,18-,19-,22-/m0/s1. The third-order valence-corrected chi connectivity index (χ3v) is 5.53. The largest absolute Gasteiger partial charge is 0.489 e. The number of aliphatic carboxylic acids is 1. The Hall–Kier alpha value is -2.36. The van der Waals surface area contributed by atoms with E-state index in [1.165, 1.54) is 7.11 Å². The van der Waals surface area contributed by atoms with E-state index in [9.17, 15) is 14.7 Å². The van der Waals surface area contributed by atoms with Crippen LogP contribution in [0.4, 0.5) is 0 Å². The zero-order valence-electron chi connectivity index (χ0n) is 17.4. The molecule has 2 aromatic rings. The molecule has 32 heavy (non-hydrogen) atoms. The number of carboxylic acids is 1. The molecule has 1 saturated heterocycles. The van der Waals surface area contributed by atoms with Crippen molar-refractivity contribution >= 4 is 35.1 Å². The number of amides is 1. The van der Waals surface area contributed by atoms with Gasteiger partial charge >= 0.3 is 5.97 Å². The molecule has 1 amide bonds. The summed E-state index contributed by atoms with van der Waals surface area (Å²) in [6.07, 6.45) is -2.52. The summed E-state index contributed by atoms with van der Waals surface area (Å²) in [4.78, 5) is 24.2. The van der Waals surface area contributed by atoms with Crippen LogP contribution in [0.1, 0.15) is 18.1 Å². The van der Waals surface area contributed by atoms with E-state index in [1.807, 2.05) is 0 Å². The minimum absolute atomic E-state index is 0.0679. The Morgan fingerprint density at radius 1 is 1.12 bits per heavy atom. The predicted octanol–water partition coefficient (Wildman–Crippen LogP) is 3.42. The van der Waals surface area contributed by atoms with Gasteiger partial charge in [-0.1, -0.05) is 41.4 Å². The normalized spacial score (nSPS) is 21.2. The molecule has 4 atom stereocenters. The number of ether oxygens (including phenoxy) is 4. The maximum Gasteiger partial charge on any atom is 0.326 e. The lowest BCUT2D eigenvalue weighted by Crippen LogP contribution is -2.49. The number of rotatable bonds is 9. The molecule has 172 valence electrons. The Bertz CT molecular complexity index is 934. The lowest BCUT2D eigenvalue weighted by Gasteiger charge is -2.19. The van der Waals surface area contributed by atoms with Crippen LogP contribution in [-0.2, 0) is 36.8 Å². The zero-order chi connectivity index (χ0) is 23.3. The highest BCUT2D eigenvalue weighted by atomic mass is 35.5. The highest BCUT2D eigenvalue weighted by Gasteiger charge is 2.40. The van der Waals surface area contributed by atoms with Gasteiger partial charge in [0.2, 0.25) is 0 Å². The van der Waals surface area contributed by atoms with Crippen molar-refractivity contribution in [3.63, 3.8) is 0 Å². The number of carbonyl (C=O) groups is 2. The van der Waals surface area contributed by atoms with Gasteiger partial charge in [0.15, 0.2) is 18.7 Å². The lowest BCUT2D eigenvalue weighted by atomic mass is 10.1. The first kappa shape index (κ1) is 24.3. The van der Waals surface area contributed by atoms with Crippen molar-refractivity contribution < 1.29 is 33.6 Å². The van der Waals surface area contributed by atoms with E-state index in [2.05, 4.69) is 5.32 Å². The number of carbonyl (C=O) groups excluding carboxylic acids is 1. The van der Waals surface area contributed by atoms with Gasteiger partial charge in [0.1, 0.15) is 18.4 Å². The molecule has 1 fully saturated rings. The third-order valence-electron chi connectivity index (χ3n) is 4.82. The highest BCUT2D eigenvalue weighted by molar-refractivity contribution is 6.35. The molecule has 0 bridgehead atoms. The lowest BCUT2D eigenvalue weighted by molar-refractivity contribution is -0.147. The van der Waals surface area contributed by atoms with E-state index in [4.69, 9.17) is 42.1 Å². The van der Waals surface area contributed by atoms with E-state index in [1.54, 1.807) is 49.4 Å². The molecular weight excluding hydrogens is 461 g/mol. The van der Waals surface area contributed by atoms with Crippen LogP contribution in [0.2, 0.25) is 10.0 Å². The van der Waals surface area contributed by atoms with Gasteiger partial charge in [0, 0.05) is 29.1 Å². The van der Waals surface area contributed by atoms with Crippen LogP contribution >= 0.6 is 23.2 Å². The number of hydrogen-bond donors (Lipinski definition) is 2. The fourth-order valence-corrected chi connectivity index (χ4v) is 3.67. The smallest absolute Gasteiger partial charge is 0.326 e. The van der Waals surface area contributed by atoms with Gasteiger partial charge < -0.3 is 29.4 Å². The number of methoxy groups -OCH3 is 1. The molecule has 10 heteroatoms. The number of benzene rings is 2. The van der Waals surface area contributed by atoms with E-state index >= 15 is 0 Å². The van der Waals surface area contributed by atoms with Gasteiger partial charge in [0.05, 0.1) is 0 Å². The van der Waals surface area contributed by atoms with Crippen LogP contribution in [-0.4, -0.2) is 48.8 Å². The van der Waals surface area contributed by atoms with Gasteiger partial charge in [-0.3, -0.25) is 4.79 Å². The second-order valence-electron chi connectivity index (χ2n) is 7.10. The van der Waals surface area contributed by atoms with E-state index < -0.39 is 36.6 Å². The molecule has 2 aromatic carbocycles. The number of carboxylic acid groups (broad SMARTS) is 1. The Morgan fingerprint density at radius 2 is 1.78 bits per heavy atom. The molecule has 0 aromatic heterocycles. The molecule has 1 heterocycles. The van der Waals surface area contributed by atoms with Gasteiger partial charge in [-0.15, -0.1) is 0 Å². The zero-order valence-corrected chi connectivity index (χ0v) is 18.9. The van der Waals surface area contributed by atoms with Crippen LogP contribution < -0.4 is 10.1 Å². The molecule has 8 nitrogen and oxygen atoms in total. The Labute approximate surface area is 195 Å². The fraction of sp³-hybridized carbons (Fsp3) is 0.364. The van der Waals surface area contributed by atoms with E-state index in [0.29, 0.717) is 26.9 Å². The molecule has 0 aliphatic carbocycles. The molecule has 3 rings (SSSR count). The van der Waals surface area contributed by atoms with Crippen molar-refractivity contribution in [3.05, 3.63) is 63.6 Å². The van der Waals surface area contributed by atoms with Crippen LogP contribution in [0.3, 0.4) is 0 Å². The second kappa shape index (κ2) is 11.0. The monoisotopic (exact) mass is 483 g/mol. The van der Waals surface area contributed by atoms with Crippen LogP contribution in [0, 0.1) is 0 Å². The Kier molecular flexibility index (Phi) is 8.33. The molecule has 0 saturated carbocycles. The highest BCUT2D eigenvalue weighted by Crippen LogP contribution is 2.26. The van der Waals surface area contributed by atoms with Crippen molar-refractivity contribution in [2.45, 2.75) is 44.7 Å². The van der Waals surface area contributed by atoms with Crippen molar-refractivity contribution in [2.24, 2.45) is 0 Å². The van der Waals surface area contributed by atoms with Crippen molar-refractivity contribution in [1.29, 1.82) is 0 Å². The van der Waals surface area contributed by atoms with Gasteiger partial charge in [-0.2, -0.15) is 0 Å². The number of hydrogen-bond acceptors (Lipinski definition) is 6. The van der Waals surface area contributed by atoms with Gasteiger partial charge in [-0.05, 0) is 36.8 Å². The van der Waals surface area contributed by atoms with Gasteiger partial charge in [-0.25, -0.2) is 4.79 Å². The van der Waals surface area contributed by atoms with Crippen molar-refractivity contribution in [3.8, 4) is 5.75 Å². The molecule has 1 aliphatic heterocycles. The topological polar surface area (TPSA) is 103 Å². The molecule has 0 spiro atoms. The van der Waals surface area contributed by atoms with Crippen LogP contribution in [0.15, 0.2) is 42.5 Å². The van der Waals surface area contributed by atoms with E-state index in [-0.39, 0.29) is 13.0 Å². The Balaban J connectivity index is 1.59. The SMILES string of the molecule is CO[C@H]1OC(C)O[C@H]1C(=O)N[C@@H](Cc1ccc(OCc2c(Cl)cccc2Cl)cc1)C(=O)O. The minimum atomic E-state index is -1.17. The van der Waals surface area contributed by atoms with E-state index in [0.717, 1.165) is 0 Å². The quantitative estimate of drug-likeness (QED) is 0.562. The summed E-state index contributed by atoms with van der Waals surface area (Å²) in [6.45, 7) is 1.81. The minimum Gasteiger partial charge on any atom is -0.489 e.